The molecule has 1 saturated heterocycles. The van der Waals surface area contributed by atoms with E-state index in [0.29, 0.717) is 25.4 Å². The van der Waals surface area contributed by atoms with E-state index in [4.69, 9.17) is 5.73 Å². The van der Waals surface area contributed by atoms with Crippen LogP contribution in [0.25, 0.3) is 0 Å². The van der Waals surface area contributed by atoms with Crippen LogP contribution in [0, 0.1) is 5.92 Å². The van der Waals surface area contributed by atoms with Crippen LogP contribution < -0.4 is 5.73 Å². The zero-order valence-corrected chi connectivity index (χ0v) is 15.6. The Morgan fingerprint density at radius 2 is 1.92 bits per heavy atom. The van der Waals surface area contributed by atoms with Crippen LogP contribution in [0.1, 0.15) is 29.8 Å². The van der Waals surface area contributed by atoms with Gasteiger partial charge in [0.25, 0.3) is 5.91 Å². The summed E-state index contributed by atoms with van der Waals surface area (Å²) in [5, 5.41) is 0. The second-order valence-corrected chi connectivity index (χ2v) is 8.73. The summed E-state index contributed by atoms with van der Waals surface area (Å²) >= 11 is 0. The first-order chi connectivity index (χ1) is 12.3. The lowest BCUT2D eigenvalue weighted by atomic mass is 10.0. The van der Waals surface area contributed by atoms with Crippen molar-refractivity contribution in [3.8, 4) is 0 Å². The molecule has 2 N–H and O–H groups in total. The van der Waals surface area contributed by atoms with Gasteiger partial charge in [0, 0.05) is 45.8 Å². The van der Waals surface area contributed by atoms with E-state index in [2.05, 4.69) is 12.2 Å². The maximum atomic E-state index is 12.8. The molecule has 0 unspecified atom stereocenters. The van der Waals surface area contributed by atoms with Crippen molar-refractivity contribution in [2.45, 2.75) is 24.2 Å². The minimum absolute atomic E-state index is 0.0460. The third-order valence-corrected chi connectivity index (χ3v) is 6.87. The summed E-state index contributed by atoms with van der Waals surface area (Å²) < 4.78 is 28.3. The molecule has 8 nitrogen and oxygen atoms in total. The van der Waals surface area contributed by atoms with Gasteiger partial charge in [0.05, 0.1) is 0 Å². The Hall–Kier alpha value is -2.13. The molecular formula is C17H24N4O4S. The van der Waals surface area contributed by atoms with Crippen LogP contribution >= 0.6 is 0 Å². The quantitative estimate of drug-likeness (QED) is 0.742. The third-order valence-electron chi connectivity index (χ3n) is 5.01. The Balaban J connectivity index is 1.63. The topological polar surface area (TPSA) is 106 Å². The van der Waals surface area contributed by atoms with Crippen molar-refractivity contribution in [3.63, 3.8) is 0 Å². The van der Waals surface area contributed by atoms with Crippen molar-refractivity contribution < 1.29 is 18.0 Å². The van der Waals surface area contributed by atoms with E-state index in [1.807, 2.05) is 0 Å². The Morgan fingerprint density at radius 1 is 1.23 bits per heavy atom. The second-order valence-electron chi connectivity index (χ2n) is 6.79. The summed E-state index contributed by atoms with van der Waals surface area (Å²) in [5.41, 5.74) is 5.39. The van der Waals surface area contributed by atoms with Gasteiger partial charge < -0.3 is 15.2 Å². The zero-order valence-electron chi connectivity index (χ0n) is 14.8. The molecule has 142 valence electrons. The number of amides is 2. The molecule has 26 heavy (non-hydrogen) atoms. The fourth-order valence-corrected chi connectivity index (χ4v) is 4.96. The number of allylic oxidation sites excluding steroid dienone is 2. The Labute approximate surface area is 153 Å². The molecule has 1 fully saturated rings. The van der Waals surface area contributed by atoms with E-state index in [1.165, 1.54) is 21.1 Å². The highest BCUT2D eigenvalue weighted by molar-refractivity contribution is 7.89. The predicted molar refractivity (Wildman–Crippen MR) is 95.8 cm³/mol. The number of piperazine rings is 1. The lowest BCUT2D eigenvalue weighted by molar-refractivity contribution is -0.133. The van der Waals surface area contributed by atoms with E-state index in [-0.39, 0.29) is 29.6 Å². The van der Waals surface area contributed by atoms with Crippen LogP contribution in [0.4, 0.5) is 0 Å². The fraction of sp³-hybridized carbons (Fsp3) is 0.529. The van der Waals surface area contributed by atoms with Gasteiger partial charge in [-0.3, -0.25) is 9.59 Å². The summed E-state index contributed by atoms with van der Waals surface area (Å²) in [4.78, 5) is 25.5. The molecule has 1 aromatic heterocycles. The molecule has 1 aliphatic heterocycles. The van der Waals surface area contributed by atoms with Gasteiger partial charge >= 0.3 is 0 Å². The van der Waals surface area contributed by atoms with Gasteiger partial charge in [0.1, 0.15) is 10.6 Å². The number of carbonyl (C=O) groups excluding carboxylic acids is 2. The zero-order chi connectivity index (χ0) is 18.9. The molecule has 3 rings (SSSR count). The molecule has 0 aromatic carbocycles. The molecule has 2 heterocycles. The van der Waals surface area contributed by atoms with Crippen molar-refractivity contribution in [3.05, 3.63) is 30.1 Å². The van der Waals surface area contributed by atoms with E-state index in [0.717, 1.165) is 12.8 Å². The average Bonchev–Trinajstić information content (AvgIpc) is 3.24. The number of primary amides is 1. The highest BCUT2D eigenvalue weighted by atomic mass is 32.2. The van der Waals surface area contributed by atoms with Crippen molar-refractivity contribution in [2.24, 2.45) is 18.7 Å². The van der Waals surface area contributed by atoms with Crippen LogP contribution in [0.5, 0.6) is 0 Å². The molecule has 0 bridgehead atoms. The molecule has 1 aliphatic carbocycles. The summed E-state index contributed by atoms with van der Waals surface area (Å²) in [6.45, 7) is 1.25. The van der Waals surface area contributed by atoms with E-state index < -0.39 is 15.9 Å². The molecule has 2 amide bonds. The van der Waals surface area contributed by atoms with Gasteiger partial charge in [-0.1, -0.05) is 12.2 Å². The first-order valence-corrected chi connectivity index (χ1v) is 10.1. The summed E-state index contributed by atoms with van der Waals surface area (Å²) in [7, 11) is -2.14. The number of aromatic nitrogens is 1. The number of carbonyl (C=O) groups is 2. The number of nitrogens with two attached hydrogens (primary N) is 1. The number of hydrogen-bond donors (Lipinski definition) is 1. The number of rotatable bonds is 5. The molecule has 0 radical (unpaired) electrons. The van der Waals surface area contributed by atoms with Gasteiger partial charge in [0.2, 0.25) is 15.9 Å². The number of aryl methyl sites for hydroxylation is 1. The Kier molecular flexibility index (Phi) is 5.19. The van der Waals surface area contributed by atoms with E-state index in [1.54, 1.807) is 11.9 Å². The Bertz CT molecular complexity index is 835. The SMILES string of the molecule is Cn1cc(S(=O)(=O)N2CCN(C(=O)C[C@H]3C=CCC3)CC2)cc1C(N)=O. The maximum absolute atomic E-state index is 12.8. The molecule has 1 aromatic rings. The average molecular weight is 380 g/mol. The summed E-state index contributed by atoms with van der Waals surface area (Å²) in [6.07, 6.45) is 8.10. The molecule has 1 atom stereocenters. The molecular weight excluding hydrogens is 356 g/mol. The van der Waals surface area contributed by atoms with Crippen LogP contribution in [-0.2, 0) is 21.9 Å². The number of nitrogens with zero attached hydrogens (tertiary/aromatic N) is 3. The van der Waals surface area contributed by atoms with Crippen LogP contribution in [-0.4, -0.2) is 60.2 Å². The van der Waals surface area contributed by atoms with Gasteiger partial charge in [0.15, 0.2) is 0 Å². The predicted octanol–water partition coefficient (Wildman–Crippen LogP) is 0.313. The van der Waals surface area contributed by atoms with Crippen molar-refractivity contribution in [1.82, 2.24) is 13.8 Å². The van der Waals surface area contributed by atoms with E-state index >= 15 is 0 Å². The molecule has 0 spiro atoms. The minimum Gasteiger partial charge on any atom is -0.364 e. The standard InChI is InChI=1S/C17H24N4O4S/c1-19-12-14(11-15(19)17(18)23)26(24,25)21-8-6-20(7-9-21)16(22)10-13-4-2-3-5-13/h2,4,11-13H,3,5-10H2,1H3,(H2,18,23)/t13-/m0/s1. The molecule has 0 saturated carbocycles. The lowest BCUT2D eigenvalue weighted by Crippen LogP contribution is -2.50. The first kappa shape index (κ1) is 18.7. The van der Waals surface area contributed by atoms with Crippen LogP contribution in [0.2, 0.25) is 0 Å². The van der Waals surface area contributed by atoms with Crippen molar-refractivity contribution >= 4 is 21.8 Å². The minimum atomic E-state index is -3.71. The maximum Gasteiger partial charge on any atom is 0.265 e. The van der Waals surface area contributed by atoms with Gasteiger partial charge in [-0.2, -0.15) is 4.31 Å². The number of sulfonamides is 1. The van der Waals surface area contributed by atoms with Gasteiger partial charge in [-0.05, 0) is 24.8 Å². The smallest absolute Gasteiger partial charge is 0.265 e. The second kappa shape index (κ2) is 7.24. The molecule has 2 aliphatic rings. The van der Waals surface area contributed by atoms with Crippen LogP contribution in [0.15, 0.2) is 29.3 Å². The summed E-state index contributed by atoms with van der Waals surface area (Å²) in [5.74, 6) is -0.291. The fourth-order valence-electron chi connectivity index (χ4n) is 3.47. The Morgan fingerprint density at radius 3 is 2.46 bits per heavy atom. The highest BCUT2D eigenvalue weighted by Gasteiger charge is 2.32. The van der Waals surface area contributed by atoms with E-state index in [9.17, 15) is 18.0 Å². The van der Waals surface area contributed by atoms with Gasteiger partial charge in [-0.15, -0.1) is 0 Å². The van der Waals surface area contributed by atoms with Crippen LogP contribution in [0.3, 0.4) is 0 Å². The highest BCUT2D eigenvalue weighted by Crippen LogP contribution is 2.23. The van der Waals surface area contributed by atoms with Gasteiger partial charge in [-0.25, -0.2) is 8.42 Å². The monoisotopic (exact) mass is 380 g/mol. The third kappa shape index (κ3) is 3.68. The molecule has 9 heteroatoms. The first-order valence-electron chi connectivity index (χ1n) is 8.70. The van der Waals surface area contributed by atoms with Crippen molar-refractivity contribution in [1.29, 1.82) is 0 Å². The normalized spacial score (nSPS) is 21.3. The largest absolute Gasteiger partial charge is 0.364 e. The number of hydrogen-bond acceptors (Lipinski definition) is 4. The van der Waals surface area contributed by atoms with Crippen molar-refractivity contribution in [2.75, 3.05) is 26.2 Å². The lowest BCUT2D eigenvalue weighted by Gasteiger charge is -2.34. The summed E-state index contributed by atoms with van der Waals surface area (Å²) in [6, 6.07) is 1.29.